The summed E-state index contributed by atoms with van der Waals surface area (Å²) in [7, 11) is 0. The third kappa shape index (κ3) is 3.25. The molecule has 1 fully saturated rings. The van der Waals surface area contributed by atoms with Crippen molar-refractivity contribution >= 4 is 17.1 Å². The zero-order valence-electron chi connectivity index (χ0n) is 14.3. The van der Waals surface area contributed by atoms with Crippen LogP contribution in [0.4, 0.5) is 5.95 Å². The van der Waals surface area contributed by atoms with E-state index in [4.69, 9.17) is 15.2 Å². The number of aliphatic hydroxyl groups is 2. The molecule has 10 nitrogen and oxygen atoms in total. The quantitative estimate of drug-likeness (QED) is 0.452. The smallest absolute Gasteiger partial charge is 0.301 e. The molecule has 142 valence electrons. The first-order chi connectivity index (χ1) is 13.1. The molecule has 10 heteroatoms. The molecule has 2 aromatic heterocycles. The number of nitrogens with zero attached hydrogens (tertiary/aromatic N) is 3. The van der Waals surface area contributed by atoms with Crippen LogP contribution in [0.15, 0.2) is 35.1 Å². The zero-order chi connectivity index (χ0) is 19.0. The number of nitrogens with two attached hydrogens (primary N) is 1. The van der Waals surface area contributed by atoms with Crippen molar-refractivity contribution in [2.24, 2.45) is 0 Å². The SMILES string of the molecule is [15NH2]c1nc2c([15n]c(OCc3ccccc3)n2[C@H]2C[C@H](O)[C@@H](CO)O2)c(=O)[15nH]1. The van der Waals surface area contributed by atoms with E-state index >= 15 is 0 Å². The summed E-state index contributed by atoms with van der Waals surface area (Å²) in [6.45, 7) is -0.114. The number of ether oxygens (including phenoxy) is 2. The third-order valence-electron chi connectivity index (χ3n) is 4.42. The molecule has 0 unspecified atom stereocenters. The second kappa shape index (κ2) is 6.99. The maximum Gasteiger partial charge on any atom is 0.301 e. The molecule has 0 bridgehead atoms. The summed E-state index contributed by atoms with van der Waals surface area (Å²) < 4.78 is 13.0. The molecule has 5 N–H and O–H groups in total. The highest BCUT2D eigenvalue weighted by atomic mass is 16.6. The maximum atomic E-state index is 12.2. The number of nitrogen functional groups attached to an aromatic ring is 1. The molecule has 0 spiro atoms. The van der Waals surface area contributed by atoms with Crippen molar-refractivity contribution < 1.29 is 19.7 Å². The summed E-state index contributed by atoms with van der Waals surface area (Å²) in [5, 5.41) is 19.4. The number of aliphatic hydroxyl groups excluding tert-OH is 2. The van der Waals surface area contributed by atoms with Gasteiger partial charge >= 0.3 is 6.01 Å². The number of nitrogens with one attached hydrogen (secondary N) is 1. The van der Waals surface area contributed by atoms with E-state index in [0.29, 0.717) is 0 Å². The highest BCUT2D eigenvalue weighted by Gasteiger charge is 2.37. The molecule has 4 rings (SSSR count). The zero-order valence-corrected chi connectivity index (χ0v) is 14.3. The van der Waals surface area contributed by atoms with Gasteiger partial charge in [0.1, 0.15) is 18.9 Å². The fourth-order valence-electron chi connectivity index (χ4n) is 3.10. The molecule has 3 aromatic rings. The van der Waals surface area contributed by atoms with E-state index in [0.717, 1.165) is 5.56 Å². The Hall–Kier alpha value is -2.95. The minimum Gasteiger partial charge on any atom is -0.460 e. The Morgan fingerprint density at radius 3 is 2.81 bits per heavy atom. The molecule has 0 radical (unpaired) electrons. The lowest BCUT2D eigenvalue weighted by atomic mass is 10.2. The highest BCUT2D eigenvalue weighted by Crippen LogP contribution is 2.34. The van der Waals surface area contributed by atoms with Gasteiger partial charge in [0, 0.05) is 6.42 Å². The van der Waals surface area contributed by atoms with Crippen molar-refractivity contribution in [3.63, 3.8) is 0 Å². The summed E-state index contributed by atoms with van der Waals surface area (Å²) in [6.07, 6.45) is -2.12. The predicted molar refractivity (Wildman–Crippen MR) is 95.0 cm³/mol. The average molecular weight is 376 g/mol. The van der Waals surface area contributed by atoms with Crippen molar-refractivity contribution in [3.8, 4) is 6.01 Å². The standard InChI is InChI=1S/C17H19N5O5/c18-16-20-14-13(15(25)21-16)19-17(26-8-9-4-2-1-3-5-9)22(14)12-6-10(24)11(7-23)27-12/h1-5,10-12,23-24H,6-8H2,(H3,18,20,21,25)/t10-,11+,12+/m0/s1/i18+1,19+1,21+1. The molecule has 3 atom stereocenters. The second-order valence-corrected chi connectivity index (χ2v) is 6.28. The lowest BCUT2D eigenvalue weighted by molar-refractivity contribution is -0.0456. The molecular weight excluding hydrogens is 357 g/mol. The van der Waals surface area contributed by atoms with E-state index in [-0.39, 0.29) is 42.8 Å². The number of hydrogen-bond acceptors (Lipinski definition) is 8. The van der Waals surface area contributed by atoms with E-state index in [1.165, 1.54) is 4.57 Å². The number of benzene rings is 1. The molecule has 3 heterocycles. The summed E-state index contributed by atoms with van der Waals surface area (Å²) in [4.78, 5) is 23.0. The largest absolute Gasteiger partial charge is 0.460 e. The highest BCUT2D eigenvalue weighted by molar-refractivity contribution is 5.72. The van der Waals surface area contributed by atoms with E-state index in [1.54, 1.807) is 0 Å². The van der Waals surface area contributed by atoms with Crippen LogP contribution in [0, 0.1) is 0 Å². The second-order valence-electron chi connectivity index (χ2n) is 6.28. The molecular formula is C17H19N5O5. The van der Waals surface area contributed by atoms with Crippen molar-refractivity contribution in [3.05, 3.63) is 46.2 Å². The van der Waals surface area contributed by atoms with Gasteiger partial charge < -0.3 is 25.4 Å². The fourth-order valence-corrected chi connectivity index (χ4v) is 3.10. The van der Waals surface area contributed by atoms with Crippen LogP contribution in [0.3, 0.4) is 0 Å². The summed E-state index contributed by atoms with van der Waals surface area (Å²) in [5.74, 6) is -0.0690. The van der Waals surface area contributed by atoms with Crippen LogP contribution in [-0.4, -0.2) is 48.5 Å². The minimum absolute atomic E-state index is 0.0535. The molecule has 1 aromatic carbocycles. The van der Waals surface area contributed by atoms with Crippen LogP contribution < -0.4 is 16.0 Å². The van der Waals surface area contributed by atoms with Crippen LogP contribution in [0.2, 0.25) is 0 Å². The van der Waals surface area contributed by atoms with Gasteiger partial charge in [-0.3, -0.25) is 14.3 Å². The predicted octanol–water partition coefficient (Wildman–Crippen LogP) is -0.0785. The first kappa shape index (κ1) is 17.5. The van der Waals surface area contributed by atoms with E-state index in [9.17, 15) is 15.0 Å². The number of rotatable bonds is 5. The Bertz CT molecular complexity index is 1000. The van der Waals surface area contributed by atoms with Gasteiger partial charge in [0.05, 0.1) is 12.7 Å². The first-order valence-electron chi connectivity index (χ1n) is 8.45. The maximum absolute atomic E-state index is 12.2. The third-order valence-corrected chi connectivity index (χ3v) is 4.42. The molecule has 27 heavy (non-hydrogen) atoms. The number of aromatic nitrogens is 4. The molecule has 1 aliphatic rings. The van der Waals surface area contributed by atoms with Crippen LogP contribution >= 0.6 is 0 Å². The number of aromatic amines is 1. The van der Waals surface area contributed by atoms with E-state index in [1.807, 2.05) is 30.3 Å². The number of imidazole rings is 1. The summed E-state index contributed by atoms with van der Waals surface area (Å²) in [5.41, 5.74) is 6.33. The Balaban J connectivity index is 1.75. The van der Waals surface area contributed by atoms with Crippen LogP contribution in [-0.2, 0) is 11.3 Å². The van der Waals surface area contributed by atoms with Crippen LogP contribution in [0.25, 0.3) is 11.2 Å². The topological polar surface area (TPSA) is 149 Å². The summed E-state index contributed by atoms with van der Waals surface area (Å²) >= 11 is 0. The summed E-state index contributed by atoms with van der Waals surface area (Å²) in [6, 6.07) is 9.58. The van der Waals surface area contributed by atoms with Crippen molar-refractivity contribution in [2.45, 2.75) is 31.5 Å². The van der Waals surface area contributed by atoms with Gasteiger partial charge in [0.25, 0.3) is 5.56 Å². The van der Waals surface area contributed by atoms with Crippen molar-refractivity contribution in [1.82, 2.24) is 19.5 Å². The van der Waals surface area contributed by atoms with Gasteiger partial charge in [-0.25, -0.2) is 0 Å². The van der Waals surface area contributed by atoms with E-state index in [2.05, 4.69) is 15.0 Å². The minimum atomic E-state index is -0.862. The molecule has 0 aliphatic carbocycles. The van der Waals surface area contributed by atoms with Gasteiger partial charge in [-0.15, -0.1) is 0 Å². The molecule has 0 amide bonds. The van der Waals surface area contributed by atoms with Gasteiger partial charge in [-0.1, -0.05) is 30.3 Å². The van der Waals surface area contributed by atoms with Gasteiger partial charge in [0.2, 0.25) is 5.95 Å². The van der Waals surface area contributed by atoms with Gasteiger partial charge in [-0.2, -0.15) is 9.97 Å². The Labute approximate surface area is 153 Å². The number of fused-ring (bicyclic) bond motifs is 1. The Kier molecular flexibility index (Phi) is 4.52. The van der Waals surface area contributed by atoms with Crippen LogP contribution in [0.1, 0.15) is 18.2 Å². The number of hydrogen-bond donors (Lipinski definition) is 4. The van der Waals surface area contributed by atoms with Crippen molar-refractivity contribution in [1.29, 1.82) is 0 Å². The molecule has 0 saturated carbocycles. The Morgan fingerprint density at radius 1 is 1.33 bits per heavy atom. The normalized spacial score (nSPS) is 22.4. The fraction of sp³-hybridized carbons (Fsp3) is 0.353. The number of H-pyrrole nitrogens is 1. The van der Waals surface area contributed by atoms with Gasteiger partial charge in [-0.05, 0) is 5.56 Å². The molecule has 1 aliphatic heterocycles. The molecule has 1 saturated heterocycles. The lowest BCUT2D eigenvalue weighted by Crippen LogP contribution is -2.24. The lowest BCUT2D eigenvalue weighted by Gasteiger charge is -2.16. The monoisotopic (exact) mass is 376 g/mol. The average Bonchev–Trinajstić information content (AvgIpc) is 3.20. The van der Waals surface area contributed by atoms with Gasteiger partial charge in [0.15, 0.2) is 11.2 Å². The van der Waals surface area contributed by atoms with Crippen LogP contribution in [0.5, 0.6) is 6.01 Å². The first-order valence-corrected chi connectivity index (χ1v) is 8.45. The number of anilines is 1. The van der Waals surface area contributed by atoms with Crippen molar-refractivity contribution in [2.75, 3.05) is 12.3 Å². The Morgan fingerprint density at radius 2 is 2.11 bits per heavy atom. The van der Waals surface area contributed by atoms with E-state index < -0.39 is 24.0 Å².